The zero-order valence-corrected chi connectivity index (χ0v) is 11.3. The molecule has 0 bridgehead atoms. The maximum Gasteiger partial charge on any atom is 0.422 e. The zero-order chi connectivity index (χ0) is 12.1. The molecular formula is C7H15BrN2O4S. The molecule has 90 valence electrons. The molecule has 0 aromatic heterocycles. The number of carbonyl (C=O) groups is 1. The van der Waals surface area contributed by atoms with Gasteiger partial charge in [0.05, 0.1) is 6.10 Å². The van der Waals surface area contributed by atoms with Crippen LogP contribution in [-0.2, 0) is 14.9 Å². The standard InChI is InChI=1S/C7H15BrN2O4S/c1-6(2)14-7(11)9-15(12,13)10(3)5-4-8/h6H,4-5H2,1-3H3,(H,9,11). The van der Waals surface area contributed by atoms with Gasteiger partial charge < -0.3 is 4.74 Å². The molecule has 8 heteroatoms. The molecule has 1 amide bonds. The second-order valence-electron chi connectivity index (χ2n) is 3.07. The summed E-state index contributed by atoms with van der Waals surface area (Å²) in [7, 11) is -2.42. The third-order valence-electron chi connectivity index (χ3n) is 1.36. The van der Waals surface area contributed by atoms with E-state index in [1.165, 1.54) is 7.05 Å². The number of hydrogen-bond acceptors (Lipinski definition) is 4. The molecule has 0 radical (unpaired) electrons. The maximum atomic E-state index is 11.4. The second-order valence-corrected chi connectivity index (χ2v) is 5.64. The van der Waals surface area contributed by atoms with Crippen molar-refractivity contribution in [2.75, 3.05) is 18.9 Å². The summed E-state index contributed by atoms with van der Waals surface area (Å²) in [6, 6.07) is 0. The molecule has 0 aliphatic heterocycles. The summed E-state index contributed by atoms with van der Waals surface area (Å²) < 4.78 is 30.3. The van der Waals surface area contributed by atoms with Crippen molar-refractivity contribution in [1.29, 1.82) is 0 Å². The quantitative estimate of drug-likeness (QED) is 0.758. The molecule has 15 heavy (non-hydrogen) atoms. The van der Waals surface area contributed by atoms with Gasteiger partial charge in [0, 0.05) is 18.9 Å². The number of nitrogens with zero attached hydrogens (tertiary/aromatic N) is 1. The molecule has 0 aliphatic rings. The fourth-order valence-corrected chi connectivity index (χ4v) is 2.17. The van der Waals surface area contributed by atoms with Crippen molar-refractivity contribution >= 4 is 32.2 Å². The molecule has 0 rings (SSSR count). The van der Waals surface area contributed by atoms with Gasteiger partial charge in [-0.3, -0.25) is 0 Å². The Balaban J connectivity index is 4.32. The molecule has 0 unspecified atom stereocenters. The Kier molecular flexibility index (Phi) is 6.15. The van der Waals surface area contributed by atoms with Gasteiger partial charge in [0.2, 0.25) is 0 Å². The molecule has 0 spiro atoms. The summed E-state index contributed by atoms with van der Waals surface area (Å²) >= 11 is 3.10. The van der Waals surface area contributed by atoms with Crippen LogP contribution in [0.1, 0.15) is 13.8 Å². The summed E-state index contributed by atoms with van der Waals surface area (Å²) in [5.74, 6) is 0. The number of nitrogens with one attached hydrogen (secondary N) is 1. The molecule has 1 N–H and O–H groups in total. The van der Waals surface area contributed by atoms with Gasteiger partial charge in [0.15, 0.2) is 0 Å². The van der Waals surface area contributed by atoms with E-state index in [1.807, 2.05) is 0 Å². The Hall–Kier alpha value is -0.340. The number of amides is 1. The van der Waals surface area contributed by atoms with Gasteiger partial charge in [0.25, 0.3) is 0 Å². The second kappa shape index (κ2) is 6.29. The predicted octanol–water partition coefficient (Wildman–Crippen LogP) is 0.693. The van der Waals surface area contributed by atoms with Gasteiger partial charge in [0.1, 0.15) is 0 Å². The lowest BCUT2D eigenvalue weighted by Crippen LogP contribution is -2.42. The van der Waals surface area contributed by atoms with Crippen LogP contribution in [0.5, 0.6) is 0 Å². The topological polar surface area (TPSA) is 75.7 Å². The van der Waals surface area contributed by atoms with Crippen LogP contribution in [-0.4, -0.2) is 43.8 Å². The summed E-state index contributed by atoms with van der Waals surface area (Å²) in [6.07, 6.45) is -1.33. The lowest BCUT2D eigenvalue weighted by atomic mass is 10.5. The molecule has 0 aromatic rings. The molecule has 0 aromatic carbocycles. The average molecular weight is 303 g/mol. The van der Waals surface area contributed by atoms with Crippen LogP contribution in [0.2, 0.25) is 0 Å². The molecule has 0 heterocycles. The maximum absolute atomic E-state index is 11.4. The highest BCUT2D eigenvalue weighted by Gasteiger charge is 2.20. The van der Waals surface area contributed by atoms with Crippen molar-refractivity contribution in [1.82, 2.24) is 9.03 Å². The van der Waals surface area contributed by atoms with E-state index in [0.717, 1.165) is 4.31 Å². The van der Waals surface area contributed by atoms with Crippen LogP contribution in [0.25, 0.3) is 0 Å². The van der Waals surface area contributed by atoms with E-state index in [0.29, 0.717) is 5.33 Å². The smallest absolute Gasteiger partial charge is 0.422 e. The monoisotopic (exact) mass is 302 g/mol. The lowest BCUT2D eigenvalue weighted by Gasteiger charge is -2.16. The van der Waals surface area contributed by atoms with E-state index >= 15 is 0 Å². The average Bonchev–Trinajstić information content (AvgIpc) is 2.01. The number of alkyl halides is 1. The Morgan fingerprint density at radius 1 is 1.53 bits per heavy atom. The van der Waals surface area contributed by atoms with Crippen LogP contribution in [0, 0.1) is 0 Å². The highest BCUT2D eigenvalue weighted by Crippen LogP contribution is 1.97. The predicted molar refractivity (Wildman–Crippen MR) is 60.1 cm³/mol. The van der Waals surface area contributed by atoms with E-state index in [2.05, 4.69) is 20.7 Å². The van der Waals surface area contributed by atoms with Gasteiger partial charge in [-0.1, -0.05) is 15.9 Å². The number of rotatable bonds is 5. The summed E-state index contributed by atoms with van der Waals surface area (Å²) in [4.78, 5) is 11.0. The lowest BCUT2D eigenvalue weighted by molar-refractivity contribution is 0.121. The van der Waals surface area contributed by atoms with E-state index < -0.39 is 16.3 Å². The number of carbonyl (C=O) groups excluding carboxylic acids is 1. The first-order chi connectivity index (χ1) is 6.79. The summed E-state index contributed by atoms with van der Waals surface area (Å²) in [5.41, 5.74) is 0. The van der Waals surface area contributed by atoms with Crippen LogP contribution in [0.3, 0.4) is 0 Å². The SMILES string of the molecule is CC(C)OC(=O)NS(=O)(=O)N(C)CCBr. The molecule has 6 nitrogen and oxygen atoms in total. The van der Waals surface area contributed by atoms with Crippen LogP contribution in [0.15, 0.2) is 0 Å². The molecule has 0 saturated heterocycles. The molecular weight excluding hydrogens is 288 g/mol. The van der Waals surface area contributed by atoms with Gasteiger partial charge in [-0.25, -0.2) is 9.52 Å². The third kappa shape index (κ3) is 5.95. The van der Waals surface area contributed by atoms with Crippen LogP contribution >= 0.6 is 15.9 Å². The molecule has 0 saturated carbocycles. The first-order valence-corrected chi connectivity index (χ1v) is 6.86. The minimum Gasteiger partial charge on any atom is -0.446 e. The van der Waals surface area contributed by atoms with E-state index in [4.69, 9.17) is 0 Å². The van der Waals surface area contributed by atoms with Gasteiger partial charge in [-0.2, -0.15) is 12.7 Å². The molecule has 0 atom stereocenters. The van der Waals surface area contributed by atoms with Crippen molar-refractivity contribution in [3.8, 4) is 0 Å². The molecule has 0 aliphatic carbocycles. The van der Waals surface area contributed by atoms with Crippen molar-refractivity contribution < 1.29 is 17.9 Å². The number of hydrogen-bond donors (Lipinski definition) is 1. The van der Waals surface area contributed by atoms with Crippen molar-refractivity contribution in [2.24, 2.45) is 0 Å². The van der Waals surface area contributed by atoms with Crippen LogP contribution in [0.4, 0.5) is 4.79 Å². The zero-order valence-electron chi connectivity index (χ0n) is 8.86. The van der Waals surface area contributed by atoms with Crippen molar-refractivity contribution in [3.63, 3.8) is 0 Å². The summed E-state index contributed by atoms with van der Waals surface area (Å²) in [5, 5.41) is 0.490. The normalized spacial score (nSPS) is 11.9. The van der Waals surface area contributed by atoms with Gasteiger partial charge in [-0.15, -0.1) is 0 Å². The number of ether oxygens (including phenoxy) is 1. The fraction of sp³-hybridized carbons (Fsp3) is 0.857. The third-order valence-corrected chi connectivity index (χ3v) is 3.15. The van der Waals surface area contributed by atoms with Crippen molar-refractivity contribution in [2.45, 2.75) is 20.0 Å². The van der Waals surface area contributed by atoms with Gasteiger partial charge >= 0.3 is 16.3 Å². The fourth-order valence-electron chi connectivity index (χ4n) is 0.661. The Morgan fingerprint density at radius 3 is 2.47 bits per heavy atom. The van der Waals surface area contributed by atoms with E-state index in [-0.39, 0.29) is 12.6 Å². The largest absolute Gasteiger partial charge is 0.446 e. The van der Waals surface area contributed by atoms with Crippen LogP contribution < -0.4 is 4.72 Å². The van der Waals surface area contributed by atoms with Crippen molar-refractivity contribution in [3.05, 3.63) is 0 Å². The minimum atomic E-state index is -3.79. The Morgan fingerprint density at radius 2 is 2.07 bits per heavy atom. The first-order valence-electron chi connectivity index (χ1n) is 4.30. The minimum absolute atomic E-state index is 0.268. The first kappa shape index (κ1) is 14.7. The highest BCUT2D eigenvalue weighted by molar-refractivity contribution is 9.09. The Labute approximate surface area is 98.3 Å². The number of halogens is 1. The molecule has 0 fully saturated rings. The van der Waals surface area contributed by atoms with E-state index in [1.54, 1.807) is 18.6 Å². The highest BCUT2D eigenvalue weighted by atomic mass is 79.9. The van der Waals surface area contributed by atoms with E-state index in [9.17, 15) is 13.2 Å². The Bertz CT molecular complexity index is 304. The summed E-state index contributed by atoms with van der Waals surface area (Å²) in [6.45, 7) is 3.53. The van der Waals surface area contributed by atoms with Gasteiger partial charge in [-0.05, 0) is 13.8 Å².